The van der Waals surface area contributed by atoms with E-state index in [9.17, 15) is 4.79 Å². The van der Waals surface area contributed by atoms with Crippen molar-refractivity contribution in [3.8, 4) is 0 Å². The largest absolute Gasteiger partial charge is 0.353 e. The summed E-state index contributed by atoms with van der Waals surface area (Å²) in [6.07, 6.45) is 9.48. The van der Waals surface area contributed by atoms with Crippen molar-refractivity contribution in [2.75, 3.05) is 13.2 Å². The van der Waals surface area contributed by atoms with Crippen LogP contribution in [-0.4, -0.2) is 25.8 Å². The van der Waals surface area contributed by atoms with Gasteiger partial charge in [-0.25, -0.2) is 0 Å². The highest BCUT2D eigenvalue weighted by molar-refractivity contribution is 5.49. The van der Waals surface area contributed by atoms with Gasteiger partial charge in [0, 0.05) is 19.6 Å². The normalized spacial score (nSPS) is 11.9. The van der Waals surface area contributed by atoms with E-state index < -0.39 is 0 Å². The van der Waals surface area contributed by atoms with Gasteiger partial charge in [-0.2, -0.15) is 0 Å². The lowest BCUT2D eigenvalue weighted by molar-refractivity contribution is -0.123. The Morgan fingerprint density at radius 2 is 1.71 bits per heavy atom. The third-order valence-electron chi connectivity index (χ3n) is 2.69. The van der Waals surface area contributed by atoms with Crippen molar-refractivity contribution in [3.63, 3.8) is 0 Å². The van der Waals surface area contributed by atoms with Gasteiger partial charge in [-0.15, -0.1) is 0 Å². The van der Waals surface area contributed by atoms with Crippen molar-refractivity contribution in [2.24, 2.45) is 0 Å². The van der Waals surface area contributed by atoms with Crippen LogP contribution in [0.5, 0.6) is 0 Å². The van der Waals surface area contributed by atoms with Gasteiger partial charge in [0.05, 0.1) is 0 Å². The Hall–Kier alpha value is -1.19. The zero-order valence-corrected chi connectivity index (χ0v) is 14.4. The molecule has 0 saturated carbocycles. The van der Waals surface area contributed by atoms with Gasteiger partial charge in [0.15, 0.2) is 6.29 Å². The Bertz CT molecular complexity index is 310. The lowest BCUT2D eigenvalue weighted by Gasteiger charge is -2.09. The highest BCUT2D eigenvalue weighted by atomic mass is 16.7. The molecule has 0 aromatic heterocycles. The summed E-state index contributed by atoms with van der Waals surface area (Å²) in [7, 11) is 0. The second-order valence-electron chi connectivity index (χ2n) is 4.62. The molecule has 0 N–H and O–H groups in total. The highest BCUT2D eigenvalue weighted by Gasteiger charge is 1.94. The second kappa shape index (κ2) is 16.9. The van der Waals surface area contributed by atoms with Crippen molar-refractivity contribution in [3.05, 3.63) is 36.0 Å². The van der Waals surface area contributed by atoms with Crippen molar-refractivity contribution < 1.29 is 14.3 Å². The number of ether oxygens (including phenoxy) is 2. The minimum atomic E-state index is -0.0370. The fourth-order valence-corrected chi connectivity index (χ4v) is 1.44. The summed E-state index contributed by atoms with van der Waals surface area (Å²) in [5.41, 5.74) is 2.47. The zero-order chi connectivity index (χ0) is 16.5. The first-order valence-electron chi connectivity index (χ1n) is 7.63. The Labute approximate surface area is 130 Å². The smallest absolute Gasteiger partial charge is 0.154 e. The van der Waals surface area contributed by atoms with Crippen molar-refractivity contribution >= 4 is 6.29 Å². The van der Waals surface area contributed by atoms with Crippen molar-refractivity contribution in [2.45, 2.75) is 60.2 Å². The van der Waals surface area contributed by atoms with Gasteiger partial charge in [0.25, 0.3) is 0 Å². The summed E-state index contributed by atoms with van der Waals surface area (Å²) in [5, 5.41) is 0. The molecule has 0 amide bonds. The minimum absolute atomic E-state index is 0.0370. The summed E-state index contributed by atoms with van der Waals surface area (Å²) in [4.78, 5) is 10.1. The number of carbonyl (C=O) groups excluding carboxylic acids is 1. The van der Waals surface area contributed by atoms with E-state index in [4.69, 9.17) is 9.47 Å². The first kappa shape index (κ1) is 22.1. The number of hydrogen-bond acceptors (Lipinski definition) is 3. The van der Waals surface area contributed by atoms with E-state index in [0.717, 1.165) is 32.3 Å². The molecular formula is C18H32O3. The van der Waals surface area contributed by atoms with E-state index in [-0.39, 0.29) is 6.29 Å². The van der Waals surface area contributed by atoms with Crippen LogP contribution in [0.2, 0.25) is 0 Å². The average molecular weight is 296 g/mol. The Kier molecular flexibility index (Phi) is 17.7. The first-order chi connectivity index (χ1) is 10.0. The summed E-state index contributed by atoms with van der Waals surface area (Å²) in [6.45, 7) is 15.0. The SMILES string of the molecule is C=C/C(C)=C\C/C=C(\C)CCC=O.CCOC(C)OCC. The maximum absolute atomic E-state index is 10.1. The van der Waals surface area contributed by atoms with Crippen LogP contribution in [-0.2, 0) is 14.3 Å². The summed E-state index contributed by atoms with van der Waals surface area (Å²) in [5.74, 6) is 0. The maximum Gasteiger partial charge on any atom is 0.154 e. The van der Waals surface area contributed by atoms with Crippen LogP contribution >= 0.6 is 0 Å². The molecule has 0 aliphatic carbocycles. The third kappa shape index (κ3) is 18.8. The predicted octanol–water partition coefficient (Wildman–Crippen LogP) is 4.84. The second-order valence-corrected chi connectivity index (χ2v) is 4.62. The van der Waals surface area contributed by atoms with Gasteiger partial charge >= 0.3 is 0 Å². The van der Waals surface area contributed by atoms with Crippen molar-refractivity contribution in [1.29, 1.82) is 0 Å². The fourth-order valence-electron chi connectivity index (χ4n) is 1.44. The molecule has 0 aromatic carbocycles. The topological polar surface area (TPSA) is 35.5 Å². The van der Waals surface area contributed by atoms with E-state index in [1.807, 2.05) is 33.8 Å². The molecule has 3 heteroatoms. The maximum atomic E-state index is 10.1. The molecular weight excluding hydrogens is 264 g/mol. The molecule has 0 aliphatic rings. The number of allylic oxidation sites excluding steroid dienone is 5. The predicted molar refractivity (Wildman–Crippen MR) is 90.3 cm³/mol. The first-order valence-corrected chi connectivity index (χ1v) is 7.63. The van der Waals surface area contributed by atoms with Crippen LogP contribution in [0.1, 0.15) is 53.9 Å². The van der Waals surface area contributed by atoms with Crippen LogP contribution in [0.3, 0.4) is 0 Å². The molecule has 0 heterocycles. The molecule has 0 atom stereocenters. The van der Waals surface area contributed by atoms with Gasteiger partial charge in [-0.1, -0.05) is 36.0 Å². The Morgan fingerprint density at radius 3 is 2.14 bits per heavy atom. The molecule has 0 bridgehead atoms. The number of hydrogen-bond donors (Lipinski definition) is 0. The molecule has 0 aliphatic heterocycles. The molecule has 3 nitrogen and oxygen atoms in total. The van der Waals surface area contributed by atoms with Gasteiger partial charge in [-0.05, 0) is 47.5 Å². The van der Waals surface area contributed by atoms with E-state index >= 15 is 0 Å². The summed E-state index contributed by atoms with van der Waals surface area (Å²) < 4.78 is 10.1. The van der Waals surface area contributed by atoms with Crippen LogP contribution < -0.4 is 0 Å². The van der Waals surface area contributed by atoms with Crippen LogP contribution in [0.15, 0.2) is 36.0 Å². The summed E-state index contributed by atoms with van der Waals surface area (Å²) in [6, 6.07) is 0. The standard InChI is InChI=1S/C12H18O.C6H14O2/c1-4-11(2)7-5-8-12(3)9-6-10-13;1-4-7-6(3)8-5-2/h4,7-8,10H,1,5-6,9H2,2-3H3;6H,4-5H2,1-3H3/b11-7-,12-8+;. The van der Waals surface area contributed by atoms with Gasteiger partial charge < -0.3 is 14.3 Å². The lowest BCUT2D eigenvalue weighted by Crippen LogP contribution is -2.11. The highest BCUT2D eigenvalue weighted by Crippen LogP contribution is 2.05. The number of aldehydes is 1. The van der Waals surface area contributed by atoms with Crippen LogP contribution in [0.4, 0.5) is 0 Å². The average Bonchev–Trinajstić information content (AvgIpc) is 2.46. The van der Waals surface area contributed by atoms with Gasteiger partial charge in [0.2, 0.25) is 0 Å². The number of carbonyl (C=O) groups is 1. The monoisotopic (exact) mass is 296 g/mol. The molecule has 0 spiro atoms. The molecule has 122 valence electrons. The summed E-state index contributed by atoms with van der Waals surface area (Å²) >= 11 is 0. The van der Waals surface area contributed by atoms with E-state index in [0.29, 0.717) is 6.42 Å². The molecule has 0 saturated heterocycles. The Morgan fingerprint density at radius 1 is 1.14 bits per heavy atom. The molecule has 0 radical (unpaired) electrons. The third-order valence-corrected chi connectivity index (χ3v) is 2.69. The van der Waals surface area contributed by atoms with E-state index in [2.05, 4.69) is 25.7 Å². The zero-order valence-electron chi connectivity index (χ0n) is 14.4. The number of rotatable bonds is 10. The lowest BCUT2D eigenvalue weighted by atomic mass is 10.1. The fraction of sp³-hybridized carbons (Fsp3) is 0.611. The van der Waals surface area contributed by atoms with Gasteiger partial charge in [-0.3, -0.25) is 0 Å². The van der Waals surface area contributed by atoms with E-state index in [1.165, 1.54) is 11.1 Å². The molecule has 0 rings (SSSR count). The van der Waals surface area contributed by atoms with Crippen LogP contribution in [0, 0.1) is 0 Å². The molecule has 21 heavy (non-hydrogen) atoms. The van der Waals surface area contributed by atoms with Crippen molar-refractivity contribution in [1.82, 2.24) is 0 Å². The van der Waals surface area contributed by atoms with E-state index in [1.54, 1.807) is 0 Å². The van der Waals surface area contributed by atoms with Crippen LogP contribution in [0.25, 0.3) is 0 Å². The molecule has 0 fully saturated rings. The molecule has 0 aromatic rings. The molecule has 0 unspecified atom stereocenters. The minimum Gasteiger partial charge on any atom is -0.353 e. The van der Waals surface area contributed by atoms with Gasteiger partial charge in [0.1, 0.15) is 6.29 Å². The Balaban J connectivity index is 0. The quantitative estimate of drug-likeness (QED) is 0.250.